The van der Waals surface area contributed by atoms with Gasteiger partial charge in [-0.15, -0.1) is 0 Å². The molecule has 16 heavy (non-hydrogen) atoms. The molecule has 0 aromatic carbocycles. The molecule has 4 bridgehead atoms. The van der Waals surface area contributed by atoms with Crippen molar-refractivity contribution in [3.8, 4) is 0 Å². The van der Waals surface area contributed by atoms with Crippen LogP contribution in [-0.2, 0) is 0 Å². The smallest absolute Gasteiger partial charge is 0.0833 e. The van der Waals surface area contributed by atoms with Gasteiger partial charge in [-0.05, 0) is 60.7 Å². The zero-order valence-electron chi connectivity index (χ0n) is 9.92. The van der Waals surface area contributed by atoms with Crippen LogP contribution < -0.4 is 0 Å². The number of aliphatic hydroxyl groups excluding tert-OH is 2. The average molecular weight is 222 g/mol. The van der Waals surface area contributed by atoms with Crippen LogP contribution in [0.25, 0.3) is 0 Å². The van der Waals surface area contributed by atoms with Gasteiger partial charge in [0.1, 0.15) is 0 Å². The fourth-order valence-electron chi connectivity index (χ4n) is 6.16. The molecule has 0 radical (unpaired) electrons. The van der Waals surface area contributed by atoms with E-state index in [4.69, 9.17) is 0 Å². The highest BCUT2D eigenvalue weighted by Crippen LogP contribution is 2.69. The first kappa shape index (κ1) is 9.90. The third-order valence-electron chi connectivity index (χ3n) is 6.55. The van der Waals surface area contributed by atoms with E-state index < -0.39 is 12.2 Å². The molecule has 2 nitrogen and oxygen atoms in total. The monoisotopic (exact) mass is 222 g/mol. The molecule has 9 unspecified atom stereocenters. The molecule has 2 N–H and O–H groups in total. The molecule has 0 aromatic heterocycles. The van der Waals surface area contributed by atoms with Crippen molar-refractivity contribution >= 4 is 0 Å². The maximum atomic E-state index is 10.1. The van der Waals surface area contributed by atoms with Crippen molar-refractivity contribution in [3.05, 3.63) is 0 Å². The van der Waals surface area contributed by atoms with Crippen LogP contribution in [0.3, 0.4) is 0 Å². The van der Waals surface area contributed by atoms with E-state index >= 15 is 0 Å². The Bertz CT molecular complexity index is 312. The summed E-state index contributed by atoms with van der Waals surface area (Å²) in [5, 5.41) is 20.1. The summed E-state index contributed by atoms with van der Waals surface area (Å²) in [6.45, 7) is 2.32. The van der Waals surface area contributed by atoms with Gasteiger partial charge in [-0.1, -0.05) is 13.3 Å². The Morgan fingerprint density at radius 1 is 0.875 bits per heavy atom. The van der Waals surface area contributed by atoms with Crippen LogP contribution in [0.1, 0.15) is 32.6 Å². The minimum absolute atomic E-state index is 0.398. The molecule has 2 heteroatoms. The van der Waals surface area contributed by atoms with Gasteiger partial charge in [-0.25, -0.2) is 0 Å². The van der Waals surface area contributed by atoms with Gasteiger partial charge in [0.25, 0.3) is 0 Å². The fourth-order valence-corrected chi connectivity index (χ4v) is 6.16. The average Bonchev–Trinajstić information content (AvgIpc) is 2.98. The van der Waals surface area contributed by atoms with Gasteiger partial charge in [0.15, 0.2) is 0 Å². The lowest BCUT2D eigenvalue weighted by molar-refractivity contribution is -0.0752. The van der Waals surface area contributed by atoms with E-state index in [0.717, 1.165) is 36.0 Å². The minimum Gasteiger partial charge on any atom is -0.390 e. The lowest BCUT2D eigenvalue weighted by Gasteiger charge is -2.42. The van der Waals surface area contributed by atoms with Gasteiger partial charge in [0.05, 0.1) is 12.2 Å². The van der Waals surface area contributed by atoms with Crippen LogP contribution >= 0.6 is 0 Å². The van der Waals surface area contributed by atoms with Crippen molar-refractivity contribution in [1.29, 1.82) is 0 Å². The summed E-state index contributed by atoms with van der Waals surface area (Å²) in [7, 11) is 0. The van der Waals surface area contributed by atoms with Crippen molar-refractivity contribution in [2.24, 2.45) is 41.4 Å². The summed E-state index contributed by atoms with van der Waals surface area (Å²) in [6.07, 6.45) is 4.45. The second kappa shape index (κ2) is 3.02. The molecular formula is C14H22O2. The zero-order valence-corrected chi connectivity index (χ0v) is 9.92. The maximum absolute atomic E-state index is 10.1. The normalized spacial score (nSPS) is 66.6. The van der Waals surface area contributed by atoms with Crippen LogP contribution in [0.15, 0.2) is 0 Å². The molecule has 90 valence electrons. The highest BCUT2D eigenvalue weighted by atomic mass is 16.3. The zero-order chi connectivity index (χ0) is 11.0. The Kier molecular flexibility index (Phi) is 1.87. The molecule has 0 aliphatic heterocycles. The molecule has 4 rings (SSSR count). The van der Waals surface area contributed by atoms with Crippen LogP contribution in [0.4, 0.5) is 0 Å². The standard InChI is InChI=1S/C14H22O2/c1-2-6-3-7-4-8(6)12-10-5-9(11(7)12)13(15)14(10)16/h6-16H,2-5H2,1H3. The lowest BCUT2D eigenvalue weighted by atomic mass is 9.65. The first-order valence-corrected chi connectivity index (χ1v) is 7.08. The summed E-state index contributed by atoms with van der Waals surface area (Å²) in [5.41, 5.74) is 0. The summed E-state index contributed by atoms with van der Waals surface area (Å²) < 4.78 is 0. The molecule has 0 amide bonds. The Hall–Kier alpha value is -0.0800. The molecule has 4 aliphatic rings. The first-order chi connectivity index (χ1) is 7.72. The van der Waals surface area contributed by atoms with Gasteiger partial charge >= 0.3 is 0 Å². The van der Waals surface area contributed by atoms with Gasteiger partial charge < -0.3 is 10.2 Å². The first-order valence-electron chi connectivity index (χ1n) is 7.08. The molecule has 0 aromatic rings. The minimum atomic E-state index is -0.400. The third kappa shape index (κ3) is 0.932. The van der Waals surface area contributed by atoms with Gasteiger partial charge in [-0.3, -0.25) is 0 Å². The van der Waals surface area contributed by atoms with Crippen molar-refractivity contribution in [2.45, 2.75) is 44.8 Å². The molecule has 0 heterocycles. The second-order valence-corrected chi connectivity index (χ2v) is 6.76. The van der Waals surface area contributed by atoms with E-state index in [1.165, 1.54) is 19.3 Å². The third-order valence-corrected chi connectivity index (χ3v) is 6.55. The highest BCUT2D eigenvalue weighted by Gasteiger charge is 2.66. The number of hydrogen-bond acceptors (Lipinski definition) is 2. The molecule has 9 atom stereocenters. The molecule has 4 saturated carbocycles. The van der Waals surface area contributed by atoms with Crippen LogP contribution in [-0.4, -0.2) is 22.4 Å². The van der Waals surface area contributed by atoms with Crippen molar-refractivity contribution < 1.29 is 10.2 Å². The summed E-state index contributed by atoms with van der Waals surface area (Å²) in [4.78, 5) is 0. The predicted octanol–water partition coefficient (Wildman–Crippen LogP) is 1.66. The Labute approximate surface area is 97.0 Å². The largest absolute Gasteiger partial charge is 0.390 e. The number of hydrogen-bond donors (Lipinski definition) is 2. The highest BCUT2D eigenvalue weighted by molar-refractivity contribution is 5.15. The van der Waals surface area contributed by atoms with Gasteiger partial charge in [-0.2, -0.15) is 0 Å². The van der Waals surface area contributed by atoms with E-state index in [2.05, 4.69) is 6.92 Å². The summed E-state index contributed by atoms with van der Waals surface area (Å²) in [6, 6.07) is 0. The number of aliphatic hydroxyl groups is 2. The SMILES string of the molecule is CCC1CC2CC1C1C3CC(C(O)C3O)C21. The molecule has 4 aliphatic carbocycles. The molecule has 4 fully saturated rings. The van der Waals surface area contributed by atoms with E-state index in [1.807, 2.05) is 0 Å². The van der Waals surface area contributed by atoms with Crippen molar-refractivity contribution in [2.75, 3.05) is 0 Å². The van der Waals surface area contributed by atoms with E-state index in [0.29, 0.717) is 11.8 Å². The fraction of sp³-hybridized carbons (Fsp3) is 1.00. The lowest BCUT2D eigenvalue weighted by Crippen LogP contribution is -2.45. The van der Waals surface area contributed by atoms with E-state index in [1.54, 1.807) is 0 Å². The molecule has 0 saturated heterocycles. The van der Waals surface area contributed by atoms with Gasteiger partial charge in [0.2, 0.25) is 0 Å². The van der Waals surface area contributed by atoms with E-state index in [9.17, 15) is 10.2 Å². The Morgan fingerprint density at radius 3 is 2.25 bits per heavy atom. The Morgan fingerprint density at radius 2 is 1.56 bits per heavy atom. The van der Waals surface area contributed by atoms with Crippen molar-refractivity contribution in [3.63, 3.8) is 0 Å². The maximum Gasteiger partial charge on any atom is 0.0833 e. The van der Waals surface area contributed by atoms with Crippen molar-refractivity contribution in [1.82, 2.24) is 0 Å². The summed E-state index contributed by atoms with van der Waals surface area (Å²) in [5.74, 6) is 5.12. The topological polar surface area (TPSA) is 40.5 Å². The van der Waals surface area contributed by atoms with Crippen LogP contribution in [0, 0.1) is 41.4 Å². The predicted molar refractivity (Wildman–Crippen MR) is 60.6 cm³/mol. The van der Waals surface area contributed by atoms with Crippen LogP contribution in [0.2, 0.25) is 0 Å². The quantitative estimate of drug-likeness (QED) is 0.662. The number of rotatable bonds is 1. The van der Waals surface area contributed by atoms with Crippen LogP contribution in [0.5, 0.6) is 0 Å². The van der Waals surface area contributed by atoms with Gasteiger partial charge in [0, 0.05) is 0 Å². The second-order valence-electron chi connectivity index (χ2n) is 6.76. The molecular weight excluding hydrogens is 200 g/mol. The molecule has 0 spiro atoms. The number of fused-ring (bicyclic) bond motifs is 9. The van der Waals surface area contributed by atoms with E-state index in [-0.39, 0.29) is 0 Å². The Balaban J connectivity index is 1.68. The summed E-state index contributed by atoms with van der Waals surface area (Å²) >= 11 is 0.